The van der Waals surface area contributed by atoms with Gasteiger partial charge in [-0.2, -0.15) is 0 Å². The van der Waals surface area contributed by atoms with Crippen LogP contribution >= 0.6 is 22.9 Å². The van der Waals surface area contributed by atoms with Gasteiger partial charge < -0.3 is 24.4 Å². The van der Waals surface area contributed by atoms with Crippen LogP contribution in [0.2, 0.25) is 5.02 Å². The molecule has 0 bridgehead atoms. The van der Waals surface area contributed by atoms with Crippen LogP contribution in [0.25, 0.3) is 0 Å². The summed E-state index contributed by atoms with van der Waals surface area (Å²) in [6.45, 7) is 11.3. The number of nitrogens with one attached hydrogen (secondary N) is 1. The number of anilines is 1. The summed E-state index contributed by atoms with van der Waals surface area (Å²) in [5, 5.41) is 4.34. The van der Waals surface area contributed by atoms with Gasteiger partial charge in [0.25, 0.3) is 11.8 Å². The minimum atomic E-state index is -0.171. The van der Waals surface area contributed by atoms with Crippen molar-refractivity contribution in [2.24, 2.45) is 16.3 Å². The van der Waals surface area contributed by atoms with Gasteiger partial charge in [0.05, 0.1) is 25.4 Å². The highest BCUT2D eigenvalue weighted by atomic mass is 35.5. The van der Waals surface area contributed by atoms with Crippen molar-refractivity contribution in [3.63, 3.8) is 0 Å². The molecular formula is C34H40ClN3O5S. The molecule has 2 aromatic carbocycles. The second-order valence-corrected chi connectivity index (χ2v) is 13.6. The lowest BCUT2D eigenvalue weighted by molar-refractivity contribution is -0.137. The monoisotopic (exact) mass is 637 g/mol. The number of amides is 2. The Morgan fingerprint density at radius 3 is 2.57 bits per heavy atom. The van der Waals surface area contributed by atoms with Crippen molar-refractivity contribution in [2.45, 2.75) is 47.0 Å². The average Bonchev–Trinajstić information content (AvgIpc) is 3.38. The summed E-state index contributed by atoms with van der Waals surface area (Å²) < 4.78 is 17.1. The summed E-state index contributed by atoms with van der Waals surface area (Å²) in [5.74, 6) is 1.31. The summed E-state index contributed by atoms with van der Waals surface area (Å²) in [7, 11) is 0. The second kappa shape index (κ2) is 14.1. The lowest BCUT2D eigenvalue weighted by atomic mass is 9.72. The summed E-state index contributed by atoms with van der Waals surface area (Å²) in [6.07, 6.45) is 4.56. The predicted molar refractivity (Wildman–Crippen MR) is 176 cm³/mol. The van der Waals surface area contributed by atoms with E-state index in [1.54, 1.807) is 52.8 Å². The zero-order valence-corrected chi connectivity index (χ0v) is 27.4. The number of hydrogen-bond acceptors (Lipinski definition) is 7. The first-order valence-corrected chi connectivity index (χ1v) is 16.3. The molecule has 0 unspecified atom stereocenters. The first kappa shape index (κ1) is 32.0. The minimum Gasteiger partial charge on any atom is -0.490 e. The molecule has 1 aliphatic carbocycles. The number of halogens is 1. The van der Waals surface area contributed by atoms with E-state index in [1.807, 2.05) is 19.1 Å². The van der Waals surface area contributed by atoms with Crippen molar-refractivity contribution in [3.05, 3.63) is 69.1 Å². The maximum Gasteiger partial charge on any atom is 0.260 e. The zero-order chi connectivity index (χ0) is 31.3. The second-order valence-electron chi connectivity index (χ2n) is 12.1. The van der Waals surface area contributed by atoms with E-state index < -0.39 is 0 Å². The summed E-state index contributed by atoms with van der Waals surface area (Å²) in [6, 6.07) is 12.6. The highest BCUT2D eigenvalue weighted by Crippen LogP contribution is 2.45. The lowest BCUT2D eigenvalue weighted by Crippen LogP contribution is -2.43. The number of ether oxygens (including phenoxy) is 3. The third-order valence-corrected chi connectivity index (χ3v) is 9.53. The Labute approximate surface area is 268 Å². The number of morpholine rings is 1. The number of rotatable bonds is 9. The predicted octanol–water partition coefficient (Wildman–Crippen LogP) is 7.19. The number of benzene rings is 2. The highest BCUT2D eigenvalue weighted by Gasteiger charge is 2.33. The Bertz CT molecular complexity index is 1510. The molecule has 0 radical (unpaired) electrons. The van der Waals surface area contributed by atoms with Gasteiger partial charge in [-0.05, 0) is 91.1 Å². The van der Waals surface area contributed by atoms with E-state index in [4.69, 9.17) is 30.8 Å². The van der Waals surface area contributed by atoms with Gasteiger partial charge in [-0.15, -0.1) is 11.3 Å². The molecule has 44 heavy (non-hydrogen) atoms. The average molecular weight is 638 g/mol. The Balaban J connectivity index is 1.39. The first-order chi connectivity index (χ1) is 21.1. The van der Waals surface area contributed by atoms with E-state index in [1.165, 1.54) is 4.88 Å². The smallest absolute Gasteiger partial charge is 0.260 e. The van der Waals surface area contributed by atoms with E-state index in [2.05, 4.69) is 26.1 Å². The van der Waals surface area contributed by atoms with Gasteiger partial charge in [0.2, 0.25) is 0 Å². The van der Waals surface area contributed by atoms with Gasteiger partial charge >= 0.3 is 0 Å². The molecule has 8 nitrogen and oxygen atoms in total. The number of fused-ring (bicyclic) bond motifs is 1. The van der Waals surface area contributed by atoms with Gasteiger partial charge in [0.1, 0.15) is 5.00 Å². The first-order valence-electron chi connectivity index (χ1n) is 15.1. The van der Waals surface area contributed by atoms with Crippen molar-refractivity contribution < 1.29 is 23.8 Å². The standard InChI is InChI=1S/C34H40ClN3O5S/c1-5-42-28-18-22(6-13-27(28)43-21-30(39)38-14-16-41-17-15-38)20-36-33-31(32(40)37-25-10-8-24(35)9-11-25)26-12-7-23(34(2,3)4)19-29(26)44-33/h6,8-11,13,18,20,23H,5,7,12,14-17,19,21H2,1-4H3,(H,37,40)/t23-/m1/s1. The van der Waals surface area contributed by atoms with E-state index in [9.17, 15) is 9.59 Å². The summed E-state index contributed by atoms with van der Waals surface area (Å²) in [5.41, 5.74) is 3.39. The largest absolute Gasteiger partial charge is 0.490 e. The van der Waals surface area contributed by atoms with Crippen molar-refractivity contribution in [1.82, 2.24) is 4.90 Å². The van der Waals surface area contributed by atoms with E-state index in [0.717, 1.165) is 30.4 Å². The van der Waals surface area contributed by atoms with Gasteiger partial charge in [0, 0.05) is 34.9 Å². The number of thiophene rings is 1. The minimum absolute atomic E-state index is 0.0735. The van der Waals surface area contributed by atoms with Gasteiger partial charge in [-0.25, -0.2) is 4.99 Å². The van der Waals surface area contributed by atoms with Crippen LogP contribution in [-0.4, -0.2) is 62.4 Å². The molecule has 1 N–H and O–H groups in total. The third-order valence-electron chi connectivity index (χ3n) is 8.11. The fourth-order valence-electron chi connectivity index (χ4n) is 5.53. The van der Waals surface area contributed by atoms with E-state index in [0.29, 0.717) is 71.6 Å². The zero-order valence-electron chi connectivity index (χ0n) is 25.8. The number of carbonyl (C=O) groups excluding carboxylic acids is 2. The van der Waals surface area contributed by atoms with Crippen LogP contribution in [0, 0.1) is 11.3 Å². The molecule has 0 saturated carbocycles. The molecular weight excluding hydrogens is 598 g/mol. The molecule has 2 amide bonds. The van der Waals surface area contributed by atoms with E-state index in [-0.39, 0.29) is 23.8 Å². The third kappa shape index (κ3) is 7.81. The normalized spacial score (nSPS) is 16.9. The highest BCUT2D eigenvalue weighted by molar-refractivity contribution is 7.16. The molecule has 1 aliphatic heterocycles. The van der Waals surface area contributed by atoms with Gasteiger partial charge in [-0.3, -0.25) is 9.59 Å². The fraction of sp³-hybridized carbons (Fsp3) is 0.441. The molecule has 10 heteroatoms. The lowest BCUT2D eigenvalue weighted by Gasteiger charge is -2.33. The molecule has 1 fully saturated rings. The van der Waals surface area contributed by atoms with Crippen LogP contribution in [-0.2, 0) is 22.4 Å². The Kier molecular flexibility index (Phi) is 10.3. The van der Waals surface area contributed by atoms with Crippen molar-refractivity contribution in [3.8, 4) is 11.5 Å². The molecule has 1 atom stereocenters. The quantitative estimate of drug-likeness (QED) is 0.251. The Hall–Kier alpha value is -3.40. The Morgan fingerprint density at radius 2 is 1.86 bits per heavy atom. The molecule has 5 rings (SSSR count). The fourth-order valence-corrected chi connectivity index (χ4v) is 6.93. The molecule has 1 aromatic heterocycles. The van der Waals surface area contributed by atoms with Crippen LogP contribution in [0.4, 0.5) is 10.7 Å². The summed E-state index contributed by atoms with van der Waals surface area (Å²) >= 11 is 7.65. The van der Waals surface area contributed by atoms with Gasteiger partial charge in [0.15, 0.2) is 18.1 Å². The van der Waals surface area contributed by atoms with Crippen molar-refractivity contribution in [1.29, 1.82) is 0 Å². The van der Waals surface area contributed by atoms with Crippen LogP contribution in [0.1, 0.15) is 60.5 Å². The number of nitrogens with zero attached hydrogens (tertiary/aromatic N) is 2. The summed E-state index contributed by atoms with van der Waals surface area (Å²) in [4.78, 5) is 34.1. The Morgan fingerprint density at radius 1 is 1.11 bits per heavy atom. The molecule has 2 aliphatic rings. The van der Waals surface area contributed by atoms with Crippen LogP contribution < -0.4 is 14.8 Å². The van der Waals surface area contributed by atoms with E-state index >= 15 is 0 Å². The maximum atomic E-state index is 13.7. The topological polar surface area (TPSA) is 89.5 Å². The number of aliphatic imine (C=N–C) groups is 1. The molecule has 1 saturated heterocycles. The van der Waals surface area contributed by atoms with Crippen LogP contribution in [0.15, 0.2) is 47.5 Å². The molecule has 234 valence electrons. The van der Waals surface area contributed by atoms with Crippen LogP contribution in [0.5, 0.6) is 11.5 Å². The number of carbonyl (C=O) groups is 2. The van der Waals surface area contributed by atoms with Crippen LogP contribution in [0.3, 0.4) is 0 Å². The molecule has 3 aromatic rings. The van der Waals surface area contributed by atoms with Gasteiger partial charge in [-0.1, -0.05) is 32.4 Å². The number of hydrogen-bond donors (Lipinski definition) is 1. The van der Waals surface area contributed by atoms with Crippen molar-refractivity contribution >= 4 is 51.7 Å². The molecule has 0 spiro atoms. The maximum absolute atomic E-state index is 13.7. The molecule has 2 heterocycles. The van der Waals surface area contributed by atoms with Crippen molar-refractivity contribution in [2.75, 3.05) is 44.8 Å². The SMILES string of the molecule is CCOc1cc(C=Nc2sc3c(c2C(=O)Nc2ccc(Cl)cc2)CC[C@@H](C(C)(C)C)C3)ccc1OCC(=O)N1CCOCC1.